The number of carbonyl (C=O) groups is 1. The highest BCUT2D eigenvalue weighted by atomic mass is 32.2. The minimum atomic E-state index is -0.527. The summed E-state index contributed by atoms with van der Waals surface area (Å²) in [5, 5.41) is 2.74. The lowest BCUT2D eigenvalue weighted by molar-refractivity contribution is 0.102. The van der Waals surface area contributed by atoms with Crippen molar-refractivity contribution in [3.8, 4) is 0 Å². The Morgan fingerprint density at radius 2 is 1.90 bits per heavy atom. The van der Waals surface area contributed by atoms with Crippen LogP contribution in [0, 0.1) is 5.82 Å². The standard InChI is InChI=1S/C16H14FNOS/c1-2-11-20-15-10-6-5-9-14(15)18-16(19)12-7-3-4-8-13(12)17/h2-10H,1,11H2,(H,18,19). The fraction of sp³-hybridized carbons (Fsp3) is 0.0625. The normalized spacial score (nSPS) is 10.1. The quantitative estimate of drug-likeness (QED) is 0.654. The van der Waals surface area contributed by atoms with E-state index in [4.69, 9.17) is 0 Å². The highest BCUT2D eigenvalue weighted by molar-refractivity contribution is 7.99. The van der Waals surface area contributed by atoms with E-state index in [9.17, 15) is 9.18 Å². The smallest absolute Gasteiger partial charge is 0.258 e. The largest absolute Gasteiger partial charge is 0.321 e. The van der Waals surface area contributed by atoms with Gasteiger partial charge in [0.15, 0.2) is 0 Å². The Morgan fingerprint density at radius 3 is 2.65 bits per heavy atom. The molecule has 2 aromatic carbocycles. The van der Waals surface area contributed by atoms with Gasteiger partial charge in [-0.15, -0.1) is 18.3 Å². The highest BCUT2D eigenvalue weighted by Gasteiger charge is 2.12. The summed E-state index contributed by atoms with van der Waals surface area (Å²) in [6.45, 7) is 3.67. The molecule has 0 aliphatic rings. The monoisotopic (exact) mass is 287 g/mol. The molecule has 0 spiro atoms. The van der Waals surface area contributed by atoms with E-state index in [-0.39, 0.29) is 5.56 Å². The van der Waals surface area contributed by atoms with Gasteiger partial charge in [-0.25, -0.2) is 4.39 Å². The van der Waals surface area contributed by atoms with Gasteiger partial charge in [0, 0.05) is 10.6 Å². The number of hydrogen-bond donors (Lipinski definition) is 1. The molecule has 2 rings (SSSR count). The van der Waals surface area contributed by atoms with Crippen molar-refractivity contribution in [1.82, 2.24) is 0 Å². The summed E-state index contributed by atoms with van der Waals surface area (Å²) < 4.78 is 13.6. The van der Waals surface area contributed by atoms with Gasteiger partial charge in [0.25, 0.3) is 5.91 Å². The highest BCUT2D eigenvalue weighted by Crippen LogP contribution is 2.27. The van der Waals surface area contributed by atoms with E-state index >= 15 is 0 Å². The van der Waals surface area contributed by atoms with E-state index in [1.807, 2.05) is 18.2 Å². The Kier molecular flexibility index (Phi) is 4.96. The van der Waals surface area contributed by atoms with Crippen LogP contribution in [0.2, 0.25) is 0 Å². The van der Waals surface area contributed by atoms with Crippen molar-refractivity contribution in [2.45, 2.75) is 4.90 Å². The van der Waals surface area contributed by atoms with E-state index in [2.05, 4.69) is 11.9 Å². The summed E-state index contributed by atoms with van der Waals surface area (Å²) in [6.07, 6.45) is 1.79. The number of thioether (sulfide) groups is 1. The predicted molar refractivity (Wildman–Crippen MR) is 81.7 cm³/mol. The molecule has 0 bridgehead atoms. The third-order valence-corrected chi connectivity index (χ3v) is 3.68. The third-order valence-electron chi connectivity index (χ3n) is 2.61. The van der Waals surface area contributed by atoms with Crippen LogP contribution in [0.25, 0.3) is 0 Å². The lowest BCUT2D eigenvalue weighted by atomic mass is 10.2. The van der Waals surface area contributed by atoms with Gasteiger partial charge in [0.05, 0.1) is 11.3 Å². The number of hydrogen-bond acceptors (Lipinski definition) is 2. The molecule has 2 aromatic rings. The Hall–Kier alpha value is -2.07. The number of amides is 1. The van der Waals surface area contributed by atoms with Crippen LogP contribution in [-0.2, 0) is 0 Å². The van der Waals surface area contributed by atoms with Crippen molar-refractivity contribution in [2.75, 3.05) is 11.1 Å². The SMILES string of the molecule is C=CCSc1ccccc1NC(=O)c1ccccc1F. The average molecular weight is 287 g/mol. The maximum atomic E-state index is 13.6. The summed E-state index contributed by atoms with van der Waals surface area (Å²) >= 11 is 1.56. The Morgan fingerprint density at radius 1 is 1.20 bits per heavy atom. The number of benzene rings is 2. The molecule has 0 saturated carbocycles. The number of rotatable bonds is 5. The second-order valence-corrected chi connectivity index (χ2v) is 5.09. The number of nitrogens with one attached hydrogen (secondary N) is 1. The molecule has 0 radical (unpaired) electrons. The molecule has 1 amide bonds. The molecule has 2 nitrogen and oxygen atoms in total. The Balaban J connectivity index is 2.20. The molecule has 0 aromatic heterocycles. The van der Waals surface area contributed by atoms with Gasteiger partial charge in [0.1, 0.15) is 5.82 Å². The first-order valence-electron chi connectivity index (χ1n) is 6.11. The molecule has 0 aliphatic carbocycles. The van der Waals surface area contributed by atoms with Crippen LogP contribution in [0.15, 0.2) is 66.1 Å². The topological polar surface area (TPSA) is 29.1 Å². The molecule has 1 N–H and O–H groups in total. The second-order valence-electron chi connectivity index (χ2n) is 4.03. The van der Waals surface area contributed by atoms with Crippen LogP contribution < -0.4 is 5.32 Å². The zero-order valence-corrected chi connectivity index (χ0v) is 11.6. The maximum absolute atomic E-state index is 13.6. The minimum absolute atomic E-state index is 0.0380. The third kappa shape index (κ3) is 3.48. The van der Waals surface area contributed by atoms with Crippen LogP contribution in [0.4, 0.5) is 10.1 Å². The summed E-state index contributed by atoms with van der Waals surface area (Å²) in [5.41, 5.74) is 0.712. The first-order valence-corrected chi connectivity index (χ1v) is 7.09. The van der Waals surface area contributed by atoms with E-state index in [1.54, 1.807) is 36.0 Å². The van der Waals surface area contributed by atoms with Gasteiger partial charge in [-0.3, -0.25) is 4.79 Å². The second kappa shape index (κ2) is 6.91. The fourth-order valence-electron chi connectivity index (χ4n) is 1.68. The van der Waals surface area contributed by atoms with E-state index in [1.165, 1.54) is 12.1 Å². The van der Waals surface area contributed by atoms with E-state index in [0.29, 0.717) is 5.69 Å². The molecule has 0 heterocycles. The van der Waals surface area contributed by atoms with E-state index < -0.39 is 11.7 Å². The van der Waals surface area contributed by atoms with Crippen LogP contribution in [-0.4, -0.2) is 11.7 Å². The molecule has 0 saturated heterocycles. The molecule has 4 heteroatoms. The number of anilines is 1. The predicted octanol–water partition coefficient (Wildman–Crippen LogP) is 4.36. The van der Waals surface area contributed by atoms with Crippen molar-refractivity contribution >= 4 is 23.4 Å². The van der Waals surface area contributed by atoms with Crippen molar-refractivity contribution in [2.24, 2.45) is 0 Å². The molecule has 0 fully saturated rings. The average Bonchev–Trinajstić information content (AvgIpc) is 2.46. The van der Waals surface area contributed by atoms with Crippen LogP contribution in [0.1, 0.15) is 10.4 Å². The Bertz CT molecular complexity index is 627. The minimum Gasteiger partial charge on any atom is -0.321 e. The van der Waals surface area contributed by atoms with Crippen molar-refractivity contribution in [1.29, 1.82) is 0 Å². The summed E-state index contributed by atoms with van der Waals surface area (Å²) in [7, 11) is 0. The summed E-state index contributed by atoms with van der Waals surface area (Å²) in [4.78, 5) is 13.0. The summed E-state index contributed by atoms with van der Waals surface area (Å²) in [5.74, 6) is -0.233. The van der Waals surface area contributed by atoms with Crippen LogP contribution in [0.5, 0.6) is 0 Å². The van der Waals surface area contributed by atoms with Gasteiger partial charge in [-0.05, 0) is 24.3 Å². The zero-order valence-electron chi connectivity index (χ0n) is 10.8. The molecule has 0 atom stereocenters. The zero-order chi connectivity index (χ0) is 14.4. The van der Waals surface area contributed by atoms with Crippen LogP contribution >= 0.6 is 11.8 Å². The maximum Gasteiger partial charge on any atom is 0.258 e. The molecule has 102 valence electrons. The molecule has 0 unspecified atom stereocenters. The van der Waals surface area contributed by atoms with Gasteiger partial charge < -0.3 is 5.32 Å². The first-order chi connectivity index (χ1) is 9.72. The lowest BCUT2D eigenvalue weighted by Crippen LogP contribution is -2.14. The fourth-order valence-corrected chi connectivity index (χ4v) is 2.43. The first kappa shape index (κ1) is 14.3. The van der Waals surface area contributed by atoms with Gasteiger partial charge in [0.2, 0.25) is 0 Å². The van der Waals surface area contributed by atoms with Crippen LogP contribution in [0.3, 0.4) is 0 Å². The van der Waals surface area contributed by atoms with Crippen molar-refractivity contribution in [3.63, 3.8) is 0 Å². The van der Waals surface area contributed by atoms with Crippen molar-refractivity contribution in [3.05, 3.63) is 72.6 Å². The number of carbonyl (C=O) groups excluding carboxylic acids is 1. The lowest BCUT2D eigenvalue weighted by Gasteiger charge is -2.10. The molecule has 0 aliphatic heterocycles. The van der Waals surface area contributed by atoms with Gasteiger partial charge in [-0.1, -0.05) is 30.3 Å². The molecular formula is C16H14FNOS. The number of halogens is 1. The number of para-hydroxylation sites is 1. The summed E-state index contributed by atoms with van der Waals surface area (Å²) in [6, 6.07) is 13.3. The molecule has 20 heavy (non-hydrogen) atoms. The van der Waals surface area contributed by atoms with Gasteiger partial charge >= 0.3 is 0 Å². The van der Waals surface area contributed by atoms with Gasteiger partial charge in [-0.2, -0.15) is 0 Å². The van der Waals surface area contributed by atoms with Crippen molar-refractivity contribution < 1.29 is 9.18 Å². The Labute approximate surface area is 121 Å². The van der Waals surface area contributed by atoms with E-state index in [0.717, 1.165) is 10.6 Å². The molecular weight excluding hydrogens is 273 g/mol.